The number of benzene rings is 1. The minimum Gasteiger partial charge on any atom is -0.340 e. The molecule has 8 nitrogen and oxygen atoms in total. The summed E-state index contributed by atoms with van der Waals surface area (Å²) in [6.45, 7) is 3.73. The molecule has 0 bridgehead atoms. The smallest absolute Gasteiger partial charge is 0.228 e. The van der Waals surface area contributed by atoms with Crippen LogP contribution in [0.3, 0.4) is 0 Å². The lowest BCUT2D eigenvalue weighted by atomic mass is 10.1. The molecule has 4 rings (SSSR count). The molecule has 1 aromatic carbocycles. The second kappa shape index (κ2) is 7.43. The zero-order valence-electron chi connectivity index (χ0n) is 14.8. The number of piperazine rings is 1. The molecule has 1 N–H and O–H groups in total. The fraction of sp³-hybridized carbons (Fsp3) is 0.444. The Morgan fingerprint density at radius 2 is 2.07 bits per heavy atom. The Balaban J connectivity index is 1.33. The number of hydrogen-bond donors (Lipinski definition) is 1. The third-order valence-corrected chi connectivity index (χ3v) is 5.12. The Kier molecular flexibility index (Phi) is 4.85. The summed E-state index contributed by atoms with van der Waals surface area (Å²) in [5, 5.41) is 6.68. The number of rotatable bonds is 4. The van der Waals surface area contributed by atoms with Crippen molar-refractivity contribution >= 4 is 17.5 Å². The maximum atomic E-state index is 13.4. The summed E-state index contributed by atoms with van der Waals surface area (Å²) in [5.41, 5.74) is 0.507. The van der Waals surface area contributed by atoms with Crippen LogP contribution in [0.1, 0.15) is 12.2 Å². The van der Waals surface area contributed by atoms with Crippen molar-refractivity contribution in [2.75, 3.05) is 37.6 Å². The number of aromatic nitrogens is 3. The molecule has 0 radical (unpaired) electrons. The number of nitrogens with one attached hydrogen (secondary N) is 1. The summed E-state index contributed by atoms with van der Waals surface area (Å²) in [6, 6.07) is 5.93. The van der Waals surface area contributed by atoms with Gasteiger partial charge in [-0.1, -0.05) is 6.07 Å². The Hall–Kier alpha value is -2.81. The van der Waals surface area contributed by atoms with Gasteiger partial charge in [-0.05, 0) is 18.2 Å². The lowest BCUT2D eigenvalue weighted by Gasteiger charge is -2.35. The fourth-order valence-corrected chi connectivity index (χ4v) is 3.67. The Morgan fingerprint density at radius 3 is 2.78 bits per heavy atom. The van der Waals surface area contributed by atoms with Crippen LogP contribution in [0.2, 0.25) is 0 Å². The zero-order chi connectivity index (χ0) is 18.8. The van der Waals surface area contributed by atoms with Gasteiger partial charge < -0.3 is 9.80 Å². The van der Waals surface area contributed by atoms with E-state index in [1.807, 2.05) is 4.90 Å². The third-order valence-electron chi connectivity index (χ3n) is 5.12. The highest BCUT2D eigenvalue weighted by Gasteiger charge is 2.38. The third kappa shape index (κ3) is 3.82. The molecule has 2 saturated heterocycles. The van der Waals surface area contributed by atoms with E-state index in [0.717, 1.165) is 18.9 Å². The van der Waals surface area contributed by atoms with Gasteiger partial charge in [-0.2, -0.15) is 5.10 Å². The topological polar surface area (TPSA) is 85.4 Å². The molecule has 0 spiro atoms. The molecule has 0 aliphatic carbocycles. The second-order valence-corrected chi connectivity index (χ2v) is 6.92. The van der Waals surface area contributed by atoms with Gasteiger partial charge in [0.1, 0.15) is 18.0 Å². The molecule has 1 aromatic heterocycles. The average Bonchev–Trinajstić information content (AvgIpc) is 3.31. The maximum Gasteiger partial charge on any atom is 0.228 e. The van der Waals surface area contributed by atoms with Crippen molar-refractivity contribution in [2.45, 2.75) is 13.0 Å². The maximum absolute atomic E-state index is 13.4. The van der Waals surface area contributed by atoms with Gasteiger partial charge in [0.2, 0.25) is 11.8 Å². The van der Waals surface area contributed by atoms with E-state index in [1.165, 1.54) is 23.4 Å². The van der Waals surface area contributed by atoms with Gasteiger partial charge in [0.05, 0.1) is 12.5 Å². The molecule has 2 aromatic rings. The van der Waals surface area contributed by atoms with Gasteiger partial charge in [0.15, 0.2) is 0 Å². The molecular formula is C18H21FN6O2. The second-order valence-electron chi connectivity index (χ2n) is 6.92. The SMILES string of the molecule is O=C([C@@H]1CC(=O)N(c2cccc(F)c2)C1)N1CCN(Cc2ncn[nH]2)CC1. The molecule has 2 aliphatic heterocycles. The van der Waals surface area contributed by atoms with Crippen molar-refractivity contribution in [3.8, 4) is 0 Å². The minimum absolute atomic E-state index is 0.00145. The van der Waals surface area contributed by atoms with Gasteiger partial charge in [-0.3, -0.25) is 19.6 Å². The number of carbonyl (C=O) groups excluding carboxylic acids is 2. The van der Waals surface area contributed by atoms with Crippen molar-refractivity contribution in [1.29, 1.82) is 0 Å². The molecule has 2 amide bonds. The number of hydrogen-bond acceptors (Lipinski definition) is 5. The molecule has 3 heterocycles. The number of halogens is 1. The van der Waals surface area contributed by atoms with Gasteiger partial charge in [0, 0.05) is 44.8 Å². The van der Waals surface area contributed by atoms with Gasteiger partial charge in [0.25, 0.3) is 0 Å². The van der Waals surface area contributed by atoms with Crippen LogP contribution >= 0.6 is 0 Å². The summed E-state index contributed by atoms with van der Waals surface area (Å²) in [4.78, 5) is 34.8. The van der Waals surface area contributed by atoms with Crippen molar-refractivity contribution in [1.82, 2.24) is 25.0 Å². The van der Waals surface area contributed by atoms with E-state index in [1.54, 1.807) is 12.1 Å². The molecule has 9 heteroatoms. The standard InChI is InChI=1S/C18H21FN6O2/c19-14-2-1-3-15(9-14)25-10-13(8-17(25)26)18(27)24-6-4-23(5-7-24)11-16-20-12-21-22-16/h1-3,9,12-13H,4-8,10-11H2,(H,20,21,22)/t13-/m1/s1. The van der Waals surface area contributed by atoms with Crippen LogP contribution in [0.25, 0.3) is 0 Å². The summed E-state index contributed by atoms with van der Waals surface area (Å²) in [6.07, 6.45) is 1.66. The quantitative estimate of drug-likeness (QED) is 0.851. The molecule has 2 aliphatic rings. The number of nitrogens with zero attached hydrogens (tertiary/aromatic N) is 5. The van der Waals surface area contributed by atoms with Crippen molar-refractivity contribution in [3.05, 3.63) is 42.2 Å². The predicted molar refractivity (Wildman–Crippen MR) is 95.1 cm³/mol. The van der Waals surface area contributed by atoms with Crippen LogP contribution < -0.4 is 4.90 Å². The van der Waals surface area contributed by atoms with Crippen molar-refractivity contribution in [2.24, 2.45) is 5.92 Å². The largest absolute Gasteiger partial charge is 0.340 e. The van der Waals surface area contributed by atoms with Crippen molar-refractivity contribution in [3.63, 3.8) is 0 Å². The van der Waals surface area contributed by atoms with E-state index in [-0.39, 0.29) is 24.2 Å². The molecule has 0 saturated carbocycles. The number of aromatic amines is 1. The monoisotopic (exact) mass is 372 g/mol. The van der Waals surface area contributed by atoms with E-state index < -0.39 is 5.82 Å². The van der Waals surface area contributed by atoms with Gasteiger partial charge in [-0.15, -0.1) is 0 Å². The first kappa shape index (κ1) is 17.6. The molecule has 142 valence electrons. The lowest BCUT2D eigenvalue weighted by Crippen LogP contribution is -2.50. The molecule has 1 atom stereocenters. The van der Waals surface area contributed by atoms with Crippen LogP contribution in [-0.2, 0) is 16.1 Å². The van der Waals surface area contributed by atoms with E-state index in [0.29, 0.717) is 31.9 Å². The molecule has 27 heavy (non-hydrogen) atoms. The average molecular weight is 372 g/mol. The molecule has 0 unspecified atom stereocenters. The van der Waals surface area contributed by atoms with Crippen molar-refractivity contribution < 1.29 is 14.0 Å². The first-order valence-electron chi connectivity index (χ1n) is 9.01. The highest BCUT2D eigenvalue weighted by molar-refractivity contribution is 6.00. The molecular weight excluding hydrogens is 351 g/mol. The highest BCUT2D eigenvalue weighted by Crippen LogP contribution is 2.27. The summed E-state index contributed by atoms with van der Waals surface area (Å²) in [5.74, 6) is -0.0917. The lowest BCUT2D eigenvalue weighted by molar-refractivity contribution is -0.137. The Bertz CT molecular complexity index is 819. The van der Waals surface area contributed by atoms with Gasteiger partial charge in [-0.25, -0.2) is 9.37 Å². The number of carbonyl (C=O) groups is 2. The zero-order valence-corrected chi connectivity index (χ0v) is 14.8. The van der Waals surface area contributed by atoms with E-state index >= 15 is 0 Å². The normalized spacial score (nSPS) is 21.1. The van der Waals surface area contributed by atoms with Crippen LogP contribution in [0, 0.1) is 11.7 Å². The predicted octanol–water partition coefficient (Wildman–Crippen LogP) is 0.641. The summed E-state index contributed by atoms with van der Waals surface area (Å²) in [7, 11) is 0. The van der Waals surface area contributed by atoms with Crippen LogP contribution in [-0.4, -0.2) is 69.5 Å². The van der Waals surface area contributed by atoms with E-state index in [9.17, 15) is 14.0 Å². The Labute approximate surface area is 156 Å². The summed E-state index contributed by atoms with van der Waals surface area (Å²) >= 11 is 0. The Morgan fingerprint density at radius 1 is 1.26 bits per heavy atom. The van der Waals surface area contributed by atoms with E-state index in [2.05, 4.69) is 20.1 Å². The van der Waals surface area contributed by atoms with E-state index in [4.69, 9.17) is 0 Å². The number of anilines is 1. The number of H-pyrrole nitrogens is 1. The van der Waals surface area contributed by atoms with Crippen LogP contribution in [0.15, 0.2) is 30.6 Å². The summed E-state index contributed by atoms with van der Waals surface area (Å²) < 4.78 is 13.4. The fourth-order valence-electron chi connectivity index (χ4n) is 3.67. The van der Waals surface area contributed by atoms with Gasteiger partial charge >= 0.3 is 0 Å². The number of amides is 2. The highest BCUT2D eigenvalue weighted by atomic mass is 19.1. The van der Waals surface area contributed by atoms with Crippen LogP contribution in [0.5, 0.6) is 0 Å². The first-order chi connectivity index (χ1) is 13.1. The minimum atomic E-state index is -0.391. The molecule has 2 fully saturated rings. The van der Waals surface area contributed by atoms with Crippen LogP contribution in [0.4, 0.5) is 10.1 Å². The first-order valence-corrected chi connectivity index (χ1v) is 9.01.